The Morgan fingerprint density at radius 1 is 1.14 bits per heavy atom. The van der Waals surface area contributed by atoms with Crippen molar-refractivity contribution < 1.29 is 14.3 Å². The lowest BCUT2D eigenvalue weighted by Gasteiger charge is -2.25. The number of hydrogen-bond acceptors (Lipinski definition) is 7. The Labute approximate surface area is 163 Å². The van der Waals surface area contributed by atoms with Gasteiger partial charge in [0, 0.05) is 6.20 Å². The number of aliphatic carboxylic acids is 1. The number of nitrogens with two attached hydrogens (primary N) is 1. The van der Waals surface area contributed by atoms with Crippen LogP contribution < -0.4 is 5.73 Å². The van der Waals surface area contributed by atoms with Crippen LogP contribution >= 0.6 is 0 Å². The molecule has 1 aromatic carbocycles. The molecule has 0 aliphatic carbocycles. The van der Waals surface area contributed by atoms with Gasteiger partial charge in [0.25, 0.3) is 0 Å². The third-order valence-corrected chi connectivity index (χ3v) is 4.93. The maximum Gasteiger partial charge on any atom is 0.336 e. The number of anilines is 1. The highest BCUT2D eigenvalue weighted by molar-refractivity contribution is 5.91. The molecule has 10 nitrogen and oxygen atoms in total. The van der Waals surface area contributed by atoms with Crippen molar-refractivity contribution in [3.05, 3.63) is 60.5 Å². The molecular formula is C19H15N7O3. The van der Waals surface area contributed by atoms with E-state index in [1.54, 1.807) is 49.5 Å². The van der Waals surface area contributed by atoms with E-state index in [4.69, 9.17) is 10.2 Å². The highest BCUT2D eigenvalue weighted by Gasteiger charge is 2.39. The Morgan fingerprint density at radius 2 is 1.93 bits per heavy atom. The fourth-order valence-electron chi connectivity index (χ4n) is 3.26. The van der Waals surface area contributed by atoms with Gasteiger partial charge in [0.05, 0.1) is 11.6 Å². The monoisotopic (exact) mass is 389 g/mol. The van der Waals surface area contributed by atoms with Gasteiger partial charge in [0.15, 0.2) is 22.6 Å². The van der Waals surface area contributed by atoms with Crippen molar-refractivity contribution in [3.8, 4) is 11.6 Å². The molecule has 10 heteroatoms. The van der Waals surface area contributed by atoms with Crippen LogP contribution in [0.25, 0.3) is 28.3 Å². The van der Waals surface area contributed by atoms with Crippen molar-refractivity contribution in [3.63, 3.8) is 0 Å². The molecule has 0 spiro atoms. The Morgan fingerprint density at radius 3 is 2.62 bits per heavy atom. The first-order valence-electron chi connectivity index (χ1n) is 8.73. The van der Waals surface area contributed by atoms with Crippen LogP contribution in [0.2, 0.25) is 0 Å². The standard InChI is InChI=1S/C19H15N7O3/c1-19(17(27)28,11-6-3-2-4-7-11)25-10-12-14(23-25)22-18(20)26-16(12)21-15(24-26)13-8-5-9-29-13/h2-10H,1H3,(H,27,28)(H2,20,22,23). The molecule has 0 amide bonds. The molecule has 29 heavy (non-hydrogen) atoms. The number of carbonyl (C=O) groups is 1. The van der Waals surface area contributed by atoms with Gasteiger partial charge in [-0.25, -0.2) is 14.5 Å². The molecule has 0 bridgehead atoms. The molecule has 3 N–H and O–H groups in total. The topological polar surface area (TPSA) is 137 Å². The number of carboxylic acid groups (broad SMARTS) is 1. The highest BCUT2D eigenvalue weighted by atomic mass is 16.4. The van der Waals surface area contributed by atoms with Crippen LogP contribution in [0, 0.1) is 0 Å². The molecule has 0 saturated heterocycles. The number of hydrogen-bond donors (Lipinski definition) is 2. The highest BCUT2D eigenvalue weighted by Crippen LogP contribution is 2.29. The summed E-state index contributed by atoms with van der Waals surface area (Å²) >= 11 is 0. The Kier molecular flexibility index (Phi) is 3.44. The minimum atomic E-state index is -1.45. The Hall–Kier alpha value is -4.21. The average molecular weight is 389 g/mol. The van der Waals surface area contributed by atoms with Crippen LogP contribution in [-0.4, -0.2) is 40.4 Å². The summed E-state index contributed by atoms with van der Waals surface area (Å²) < 4.78 is 8.10. The van der Waals surface area contributed by atoms with Crippen LogP contribution in [0.4, 0.5) is 5.95 Å². The van der Waals surface area contributed by atoms with Gasteiger partial charge in [-0.3, -0.25) is 0 Å². The van der Waals surface area contributed by atoms with Gasteiger partial charge in [0.2, 0.25) is 11.8 Å². The van der Waals surface area contributed by atoms with Gasteiger partial charge in [-0.05, 0) is 24.6 Å². The van der Waals surface area contributed by atoms with Crippen molar-refractivity contribution in [2.75, 3.05) is 5.73 Å². The fraction of sp³-hybridized carbons (Fsp3) is 0.105. The minimum Gasteiger partial charge on any atom is -0.479 e. The van der Waals surface area contributed by atoms with E-state index in [1.807, 2.05) is 6.07 Å². The molecule has 0 aliphatic heterocycles. The van der Waals surface area contributed by atoms with Gasteiger partial charge in [-0.15, -0.1) is 5.10 Å². The Bertz CT molecular complexity index is 1360. The second-order valence-corrected chi connectivity index (χ2v) is 6.67. The molecule has 0 radical (unpaired) electrons. The van der Waals surface area contributed by atoms with Gasteiger partial charge >= 0.3 is 5.97 Å². The number of rotatable bonds is 4. The number of fused-ring (bicyclic) bond motifs is 3. The van der Waals surface area contributed by atoms with Crippen molar-refractivity contribution in [2.24, 2.45) is 0 Å². The SMILES string of the molecule is CC(C(=O)O)(c1ccccc1)n1cc2c(nc(N)n3nc(-c4ccco4)nc23)n1. The maximum atomic E-state index is 12.2. The maximum absolute atomic E-state index is 12.2. The van der Waals surface area contributed by atoms with E-state index in [9.17, 15) is 9.90 Å². The quantitative estimate of drug-likeness (QED) is 0.477. The van der Waals surface area contributed by atoms with Gasteiger partial charge in [0.1, 0.15) is 0 Å². The molecular weight excluding hydrogens is 374 g/mol. The predicted octanol–water partition coefficient (Wildman–Crippen LogP) is 2.16. The van der Waals surface area contributed by atoms with Gasteiger partial charge < -0.3 is 15.3 Å². The van der Waals surface area contributed by atoms with Crippen LogP contribution in [0.5, 0.6) is 0 Å². The molecule has 5 rings (SSSR count). The molecule has 0 aliphatic rings. The molecule has 0 saturated carbocycles. The van der Waals surface area contributed by atoms with Crippen LogP contribution in [-0.2, 0) is 10.3 Å². The van der Waals surface area contributed by atoms with E-state index in [0.717, 1.165) is 0 Å². The smallest absolute Gasteiger partial charge is 0.336 e. The summed E-state index contributed by atoms with van der Waals surface area (Å²) in [6, 6.07) is 12.3. The van der Waals surface area contributed by atoms with E-state index < -0.39 is 11.5 Å². The minimum absolute atomic E-state index is 0.0831. The lowest BCUT2D eigenvalue weighted by Crippen LogP contribution is -2.40. The molecule has 1 unspecified atom stereocenters. The first kappa shape index (κ1) is 16.9. The predicted molar refractivity (Wildman–Crippen MR) is 103 cm³/mol. The fourth-order valence-corrected chi connectivity index (χ4v) is 3.26. The molecule has 1 atom stereocenters. The second kappa shape index (κ2) is 5.89. The summed E-state index contributed by atoms with van der Waals surface area (Å²) in [5, 5.41) is 19.3. The first-order chi connectivity index (χ1) is 14.0. The average Bonchev–Trinajstić information content (AvgIpc) is 3.46. The summed E-state index contributed by atoms with van der Waals surface area (Å²) in [5.74, 6) is -0.154. The summed E-state index contributed by atoms with van der Waals surface area (Å²) in [6.07, 6.45) is 3.12. The normalized spacial score (nSPS) is 13.7. The van der Waals surface area contributed by atoms with Crippen molar-refractivity contribution >= 4 is 28.6 Å². The van der Waals surface area contributed by atoms with Gasteiger partial charge in [-0.1, -0.05) is 30.3 Å². The lowest BCUT2D eigenvalue weighted by atomic mass is 9.92. The third kappa shape index (κ3) is 2.39. The zero-order valence-corrected chi connectivity index (χ0v) is 15.2. The molecule has 144 valence electrons. The van der Waals surface area contributed by atoms with E-state index in [-0.39, 0.29) is 11.6 Å². The first-order valence-corrected chi connectivity index (χ1v) is 8.73. The third-order valence-electron chi connectivity index (χ3n) is 4.93. The number of aromatic nitrogens is 6. The number of benzene rings is 1. The number of nitrogens with zero attached hydrogens (tertiary/aromatic N) is 6. The Balaban J connectivity index is 1.76. The number of furan rings is 1. The van der Waals surface area contributed by atoms with Crippen molar-refractivity contribution in [1.29, 1.82) is 0 Å². The number of carboxylic acids is 1. The largest absolute Gasteiger partial charge is 0.479 e. The van der Waals surface area contributed by atoms with E-state index in [0.29, 0.717) is 28.2 Å². The zero-order chi connectivity index (χ0) is 20.2. The summed E-state index contributed by atoms with van der Waals surface area (Å²) in [4.78, 5) is 21.0. The van der Waals surface area contributed by atoms with Crippen molar-refractivity contribution in [2.45, 2.75) is 12.5 Å². The molecule has 4 heterocycles. The van der Waals surface area contributed by atoms with Crippen molar-refractivity contribution in [1.82, 2.24) is 29.4 Å². The lowest BCUT2D eigenvalue weighted by molar-refractivity contribution is -0.144. The summed E-state index contributed by atoms with van der Waals surface area (Å²) in [5.41, 5.74) is 5.84. The van der Waals surface area contributed by atoms with E-state index in [2.05, 4.69) is 20.2 Å². The summed E-state index contributed by atoms with van der Waals surface area (Å²) in [7, 11) is 0. The van der Waals surface area contributed by atoms with E-state index >= 15 is 0 Å². The van der Waals surface area contributed by atoms with Crippen LogP contribution in [0.1, 0.15) is 12.5 Å². The summed E-state index contributed by atoms with van der Waals surface area (Å²) in [6.45, 7) is 1.58. The van der Waals surface area contributed by atoms with Crippen LogP contribution in [0.15, 0.2) is 59.3 Å². The number of nitrogen functional groups attached to an aromatic ring is 1. The van der Waals surface area contributed by atoms with Crippen LogP contribution in [0.3, 0.4) is 0 Å². The second-order valence-electron chi connectivity index (χ2n) is 6.67. The molecule has 5 aromatic rings. The van der Waals surface area contributed by atoms with E-state index in [1.165, 1.54) is 15.5 Å². The van der Waals surface area contributed by atoms with Gasteiger partial charge in [-0.2, -0.15) is 14.6 Å². The molecule has 0 fully saturated rings. The molecule has 4 aromatic heterocycles. The zero-order valence-electron chi connectivity index (χ0n) is 15.2.